The smallest absolute Gasteiger partial charge is 0.259 e. The minimum absolute atomic E-state index is 0.218. The summed E-state index contributed by atoms with van der Waals surface area (Å²) in [5, 5.41) is 8.15. The van der Waals surface area contributed by atoms with Gasteiger partial charge < -0.3 is 19.5 Å². The molecule has 32 heavy (non-hydrogen) atoms. The topological polar surface area (TPSA) is 74.6 Å². The molecule has 3 aromatic rings. The van der Waals surface area contributed by atoms with Crippen molar-refractivity contribution in [2.75, 3.05) is 32.8 Å². The lowest BCUT2D eigenvalue weighted by Crippen LogP contribution is -2.14. The van der Waals surface area contributed by atoms with Gasteiger partial charge in [0.15, 0.2) is 11.5 Å². The Hall–Kier alpha value is -3.03. The number of benzene rings is 2. The fourth-order valence-corrected chi connectivity index (χ4v) is 3.68. The molecule has 0 aliphatic heterocycles. The molecule has 4 rings (SSSR count). The second kappa shape index (κ2) is 9.63. The van der Waals surface area contributed by atoms with E-state index in [1.807, 2.05) is 29.8 Å². The molecule has 0 spiro atoms. The Morgan fingerprint density at radius 3 is 2.66 bits per heavy atom. The van der Waals surface area contributed by atoms with Gasteiger partial charge in [-0.25, -0.2) is 4.68 Å². The molecule has 1 aliphatic carbocycles. The van der Waals surface area contributed by atoms with Crippen LogP contribution in [0.1, 0.15) is 40.4 Å². The molecule has 0 bridgehead atoms. The SMILES string of the molecule is COCCOc1cc(NC(=O)c2cnn(-c3ccc(C)c(Cl)c3)c2C2CC2)ccc1OC. The van der Waals surface area contributed by atoms with E-state index in [1.165, 1.54) is 0 Å². The number of nitrogens with zero attached hydrogens (tertiary/aromatic N) is 2. The Labute approximate surface area is 192 Å². The monoisotopic (exact) mass is 455 g/mol. The van der Waals surface area contributed by atoms with Gasteiger partial charge in [-0.2, -0.15) is 5.10 Å². The maximum Gasteiger partial charge on any atom is 0.259 e. The number of anilines is 1. The normalized spacial score (nSPS) is 13.1. The molecule has 1 aromatic heterocycles. The number of methoxy groups -OCH3 is 2. The number of nitrogens with one attached hydrogen (secondary N) is 1. The number of carbonyl (C=O) groups is 1. The third kappa shape index (κ3) is 4.74. The van der Waals surface area contributed by atoms with Gasteiger partial charge in [0.05, 0.1) is 36.9 Å². The van der Waals surface area contributed by atoms with E-state index < -0.39 is 0 Å². The fraction of sp³-hybridized carbons (Fsp3) is 0.333. The highest BCUT2D eigenvalue weighted by Crippen LogP contribution is 2.43. The first-order chi connectivity index (χ1) is 15.5. The summed E-state index contributed by atoms with van der Waals surface area (Å²) < 4.78 is 17.9. The Morgan fingerprint density at radius 2 is 1.97 bits per heavy atom. The first-order valence-electron chi connectivity index (χ1n) is 10.5. The molecule has 1 heterocycles. The van der Waals surface area contributed by atoms with Crippen LogP contribution < -0.4 is 14.8 Å². The van der Waals surface area contributed by atoms with E-state index in [4.69, 9.17) is 25.8 Å². The second-order valence-electron chi connectivity index (χ2n) is 7.72. The number of rotatable bonds is 9. The lowest BCUT2D eigenvalue weighted by Gasteiger charge is -2.13. The van der Waals surface area contributed by atoms with Gasteiger partial charge in [-0.3, -0.25) is 4.79 Å². The fourth-order valence-electron chi connectivity index (χ4n) is 3.50. The molecular formula is C24H26ClN3O4. The van der Waals surface area contributed by atoms with Gasteiger partial charge in [-0.1, -0.05) is 17.7 Å². The number of ether oxygens (including phenoxy) is 3. The molecule has 168 valence electrons. The zero-order chi connectivity index (χ0) is 22.7. The molecule has 0 unspecified atom stereocenters. The number of amides is 1. The third-order valence-corrected chi connectivity index (χ3v) is 5.79. The van der Waals surface area contributed by atoms with E-state index in [9.17, 15) is 4.79 Å². The summed E-state index contributed by atoms with van der Waals surface area (Å²) in [7, 11) is 3.18. The molecule has 0 atom stereocenters. The molecule has 1 aliphatic rings. The maximum absolute atomic E-state index is 13.2. The predicted molar refractivity (Wildman–Crippen MR) is 124 cm³/mol. The molecule has 0 radical (unpaired) electrons. The van der Waals surface area contributed by atoms with Crippen LogP contribution in [-0.4, -0.2) is 43.1 Å². The van der Waals surface area contributed by atoms with Crippen LogP contribution in [0.5, 0.6) is 11.5 Å². The summed E-state index contributed by atoms with van der Waals surface area (Å²) in [6.07, 6.45) is 3.69. The summed E-state index contributed by atoms with van der Waals surface area (Å²) in [5.74, 6) is 1.21. The summed E-state index contributed by atoms with van der Waals surface area (Å²) in [6.45, 7) is 2.78. The zero-order valence-corrected chi connectivity index (χ0v) is 19.1. The largest absolute Gasteiger partial charge is 0.493 e. The quantitative estimate of drug-likeness (QED) is 0.460. The third-order valence-electron chi connectivity index (χ3n) is 5.38. The van der Waals surface area contributed by atoms with Crippen LogP contribution in [0.4, 0.5) is 5.69 Å². The minimum Gasteiger partial charge on any atom is -0.493 e. The van der Waals surface area contributed by atoms with Crippen LogP contribution in [0, 0.1) is 6.92 Å². The highest BCUT2D eigenvalue weighted by molar-refractivity contribution is 6.31. The van der Waals surface area contributed by atoms with E-state index >= 15 is 0 Å². The average molecular weight is 456 g/mol. The van der Waals surface area contributed by atoms with Crippen LogP contribution in [0.15, 0.2) is 42.6 Å². The summed E-state index contributed by atoms with van der Waals surface area (Å²) in [4.78, 5) is 13.2. The van der Waals surface area contributed by atoms with E-state index in [2.05, 4.69) is 10.4 Å². The van der Waals surface area contributed by atoms with Crippen molar-refractivity contribution < 1.29 is 19.0 Å². The summed E-state index contributed by atoms with van der Waals surface area (Å²) in [6, 6.07) is 11.1. The molecule has 1 N–H and O–H groups in total. The van der Waals surface area contributed by atoms with Gasteiger partial charge in [0.25, 0.3) is 5.91 Å². The molecule has 2 aromatic carbocycles. The van der Waals surface area contributed by atoms with Gasteiger partial charge in [0.2, 0.25) is 0 Å². The number of aryl methyl sites for hydroxylation is 1. The Morgan fingerprint density at radius 1 is 1.16 bits per heavy atom. The molecule has 8 heteroatoms. The minimum atomic E-state index is -0.218. The Kier molecular flexibility index (Phi) is 6.67. The van der Waals surface area contributed by atoms with Crippen LogP contribution in [0.2, 0.25) is 5.02 Å². The summed E-state index contributed by atoms with van der Waals surface area (Å²) in [5.41, 5.74) is 3.92. The van der Waals surface area contributed by atoms with Crippen molar-refractivity contribution >= 4 is 23.2 Å². The van der Waals surface area contributed by atoms with Crippen LogP contribution in [-0.2, 0) is 4.74 Å². The van der Waals surface area contributed by atoms with Crippen molar-refractivity contribution in [1.82, 2.24) is 9.78 Å². The van der Waals surface area contributed by atoms with E-state index in [-0.39, 0.29) is 5.91 Å². The zero-order valence-electron chi connectivity index (χ0n) is 18.4. The standard InChI is InChI=1S/C24H26ClN3O4/c1-15-4-8-18(13-20(15)25)28-23(16-5-6-16)19(14-26-28)24(29)27-17-7-9-21(31-3)22(12-17)32-11-10-30-2/h4,7-9,12-14,16H,5-6,10-11H2,1-3H3,(H,27,29). The predicted octanol–water partition coefficient (Wildman–Crippen LogP) is 5.00. The average Bonchev–Trinajstić information content (AvgIpc) is 3.53. The van der Waals surface area contributed by atoms with Gasteiger partial charge in [0.1, 0.15) is 6.61 Å². The summed E-state index contributed by atoms with van der Waals surface area (Å²) >= 11 is 6.32. The van der Waals surface area contributed by atoms with Crippen molar-refractivity contribution in [3.05, 3.63) is 64.4 Å². The number of halogens is 1. The number of hydrogen-bond donors (Lipinski definition) is 1. The van der Waals surface area contributed by atoms with Gasteiger partial charge in [-0.05, 0) is 49.6 Å². The maximum atomic E-state index is 13.2. The highest BCUT2D eigenvalue weighted by atomic mass is 35.5. The molecular weight excluding hydrogens is 430 g/mol. The number of carbonyl (C=O) groups excluding carboxylic acids is 1. The molecule has 1 amide bonds. The van der Waals surface area contributed by atoms with E-state index in [0.717, 1.165) is 29.8 Å². The first kappa shape index (κ1) is 22.2. The molecule has 1 saturated carbocycles. The van der Waals surface area contributed by atoms with Crippen LogP contribution >= 0.6 is 11.6 Å². The van der Waals surface area contributed by atoms with Gasteiger partial charge in [-0.15, -0.1) is 0 Å². The first-order valence-corrected chi connectivity index (χ1v) is 10.8. The number of aromatic nitrogens is 2. The number of hydrogen-bond acceptors (Lipinski definition) is 5. The van der Waals surface area contributed by atoms with Crippen molar-refractivity contribution in [2.24, 2.45) is 0 Å². The molecule has 0 saturated heterocycles. The van der Waals surface area contributed by atoms with Crippen molar-refractivity contribution in [3.8, 4) is 17.2 Å². The lowest BCUT2D eigenvalue weighted by atomic mass is 10.1. The Bertz CT molecular complexity index is 1120. The van der Waals surface area contributed by atoms with Gasteiger partial charge in [0, 0.05) is 29.8 Å². The van der Waals surface area contributed by atoms with Crippen molar-refractivity contribution in [3.63, 3.8) is 0 Å². The van der Waals surface area contributed by atoms with Crippen molar-refractivity contribution in [1.29, 1.82) is 0 Å². The van der Waals surface area contributed by atoms with E-state index in [1.54, 1.807) is 38.6 Å². The van der Waals surface area contributed by atoms with Crippen LogP contribution in [0.25, 0.3) is 5.69 Å². The molecule has 7 nitrogen and oxygen atoms in total. The Balaban J connectivity index is 1.59. The van der Waals surface area contributed by atoms with Crippen LogP contribution in [0.3, 0.4) is 0 Å². The lowest BCUT2D eigenvalue weighted by molar-refractivity contribution is 0.102. The van der Waals surface area contributed by atoms with Gasteiger partial charge >= 0.3 is 0 Å². The molecule has 1 fully saturated rings. The van der Waals surface area contributed by atoms with E-state index in [0.29, 0.717) is 46.9 Å². The van der Waals surface area contributed by atoms with Crippen molar-refractivity contribution in [2.45, 2.75) is 25.7 Å². The second-order valence-corrected chi connectivity index (χ2v) is 8.13. The highest BCUT2D eigenvalue weighted by Gasteiger charge is 2.33.